The number of likely N-dealkylation sites (tertiary alicyclic amines) is 2. The van der Waals surface area contributed by atoms with Gasteiger partial charge in [-0.2, -0.15) is 0 Å². The Hall–Kier alpha value is -6.02. The number of methoxy groups -OCH3 is 2. The van der Waals surface area contributed by atoms with Crippen molar-refractivity contribution in [2.75, 3.05) is 33.9 Å². The Kier molecular flexibility index (Phi) is 12.2. The minimum atomic E-state index is -0.776. The molecule has 4 amide bonds. The van der Waals surface area contributed by atoms with E-state index >= 15 is 0 Å². The zero-order valence-corrected chi connectivity index (χ0v) is 38.4. The summed E-state index contributed by atoms with van der Waals surface area (Å²) in [4.78, 5) is 71.8. The molecule has 4 aliphatic carbocycles. The number of ether oxygens (including phenoxy) is 2. The van der Waals surface area contributed by atoms with E-state index in [1.807, 2.05) is 54.0 Å². The number of H-pyrrole nitrogens is 1. The molecule has 3 fully saturated rings. The Balaban J connectivity index is 0.849. The molecule has 1 aromatic heterocycles. The van der Waals surface area contributed by atoms with E-state index in [1.165, 1.54) is 23.8 Å². The lowest BCUT2D eigenvalue weighted by molar-refractivity contribution is -0.138. The third-order valence-electron chi connectivity index (χ3n) is 15.2. The van der Waals surface area contributed by atoms with Crippen LogP contribution in [0.1, 0.15) is 135 Å². The average Bonchev–Trinajstić information content (AvgIpc) is 4.14. The summed E-state index contributed by atoms with van der Waals surface area (Å²) in [5, 5.41) is 9.61. The van der Waals surface area contributed by atoms with Gasteiger partial charge in [-0.1, -0.05) is 93.1 Å². The van der Waals surface area contributed by atoms with E-state index in [2.05, 4.69) is 69.5 Å². The molecule has 0 bridgehead atoms. The van der Waals surface area contributed by atoms with Crippen LogP contribution in [0.2, 0.25) is 0 Å². The number of hydrogen-bond acceptors (Lipinski definition) is 9. The number of fused-ring (bicyclic) bond motifs is 6. The van der Waals surface area contributed by atoms with Crippen molar-refractivity contribution >= 4 is 41.8 Å². The molecular formula is C52H62N8O6. The zero-order valence-electron chi connectivity index (χ0n) is 38.4. The molecule has 9 atom stereocenters. The van der Waals surface area contributed by atoms with Crippen LogP contribution >= 0.6 is 0 Å². The van der Waals surface area contributed by atoms with Gasteiger partial charge >= 0.3 is 6.09 Å². The van der Waals surface area contributed by atoms with Gasteiger partial charge in [-0.25, -0.2) is 9.78 Å². The molecular weight excluding hydrogens is 833 g/mol. The number of carbonyl (C=O) groups is 4. The molecule has 4 N–H and O–H groups in total. The number of amidine groups is 1. The van der Waals surface area contributed by atoms with Crippen LogP contribution < -0.4 is 16.0 Å². The first-order valence-electron chi connectivity index (χ1n) is 24.0. The highest BCUT2D eigenvalue weighted by atomic mass is 16.5. The molecule has 1 unspecified atom stereocenters. The van der Waals surface area contributed by atoms with Gasteiger partial charge in [0.25, 0.3) is 0 Å². The Morgan fingerprint density at radius 2 is 1.73 bits per heavy atom. The Bertz CT molecular complexity index is 2490. The van der Waals surface area contributed by atoms with E-state index in [1.54, 1.807) is 7.11 Å². The molecule has 2 aromatic carbocycles. The van der Waals surface area contributed by atoms with Gasteiger partial charge < -0.3 is 40.2 Å². The number of imidazole rings is 1. The number of aromatic amines is 1. The lowest BCUT2D eigenvalue weighted by Crippen LogP contribution is -2.51. The molecule has 14 nitrogen and oxygen atoms in total. The predicted octanol–water partition coefficient (Wildman–Crippen LogP) is 7.03. The van der Waals surface area contributed by atoms with Gasteiger partial charge in [0.05, 0.1) is 37.5 Å². The summed E-state index contributed by atoms with van der Waals surface area (Å²) in [7, 11) is 3.01. The topological polar surface area (TPSA) is 170 Å². The lowest BCUT2D eigenvalue weighted by atomic mass is 9.75. The summed E-state index contributed by atoms with van der Waals surface area (Å²) in [5.74, 6) is 1.78. The first-order valence-corrected chi connectivity index (χ1v) is 24.0. The predicted molar refractivity (Wildman–Crippen MR) is 251 cm³/mol. The van der Waals surface area contributed by atoms with Crippen LogP contribution in [-0.2, 0) is 23.9 Å². The van der Waals surface area contributed by atoms with Crippen LogP contribution in [0.4, 0.5) is 4.79 Å². The zero-order chi connectivity index (χ0) is 45.6. The SMILES string of the molecule is COC[C@H]1C[C@@H](C2=N[C@@H]3c4ccc([C@@H]5C=C6C=Cc7nc([C@@H]8CCCN8C(=O)[C@@H](NC(=O)OC)C(C)C)[nH]c7[C@@H]6CC5)cc4C=CC3N2)N(C(=O)[C@H](NC(=O)C2CCC2)c2ccccc2)C1. The maximum atomic E-state index is 14.7. The first-order chi connectivity index (χ1) is 32.1. The lowest BCUT2D eigenvalue weighted by Gasteiger charge is -2.32. The second kappa shape index (κ2) is 18.3. The minimum Gasteiger partial charge on any atom is -0.453 e. The summed E-state index contributed by atoms with van der Waals surface area (Å²) in [5.41, 5.74) is 7.70. The Morgan fingerprint density at radius 1 is 0.894 bits per heavy atom. The van der Waals surface area contributed by atoms with Gasteiger partial charge in [0.1, 0.15) is 29.8 Å². The minimum absolute atomic E-state index is 0.0268. The number of amides is 4. The molecule has 3 aliphatic heterocycles. The number of aliphatic imine (C=N–C) groups is 1. The number of allylic oxidation sites excluding steroid dienone is 3. The van der Waals surface area contributed by atoms with Crippen molar-refractivity contribution < 1.29 is 28.7 Å². The highest BCUT2D eigenvalue weighted by Gasteiger charge is 2.46. The smallest absolute Gasteiger partial charge is 0.407 e. The maximum Gasteiger partial charge on any atom is 0.407 e. The van der Waals surface area contributed by atoms with Crippen LogP contribution in [0.15, 0.2) is 77.3 Å². The van der Waals surface area contributed by atoms with Crippen LogP contribution in [0.5, 0.6) is 0 Å². The number of aromatic nitrogens is 2. The van der Waals surface area contributed by atoms with E-state index in [4.69, 9.17) is 19.5 Å². The monoisotopic (exact) mass is 894 g/mol. The summed E-state index contributed by atoms with van der Waals surface area (Å²) < 4.78 is 10.4. The fourth-order valence-electron chi connectivity index (χ4n) is 11.4. The van der Waals surface area contributed by atoms with Gasteiger partial charge in [-0.15, -0.1) is 0 Å². The van der Waals surface area contributed by atoms with Crippen LogP contribution in [0.25, 0.3) is 12.2 Å². The third kappa shape index (κ3) is 8.26. The van der Waals surface area contributed by atoms with Crippen LogP contribution in [0.3, 0.4) is 0 Å². The quantitative estimate of drug-likeness (QED) is 0.150. The van der Waals surface area contributed by atoms with Crippen LogP contribution in [-0.4, -0.2) is 101 Å². The first kappa shape index (κ1) is 43.9. The summed E-state index contributed by atoms with van der Waals surface area (Å²) in [6, 6.07) is 14.4. The molecule has 0 spiro atoms. The summed E-state index contributed by atoms with van der Waals surface area (Å²) >= 11 is 0. The molecule has 2 saturated heterocycles. The van der Waals surface area contributed by atoms with Crippen LogP contribution in [0, 0.1) is 17.8 Å². The molecule has 1 saturated carbocycles. The van der Waals surface area contributed by atoms with Crippen molar-refractivity contribution in [2.45, 2.75) is 113 Å². The number of nitrogens with one attached hydrogen (secondary N) is 4. The van der Waals surface area contributed by atoms with E-state index in [-0.39, 0.29) is 71.5 Å². The summed E-state index contributed by atoms with van der Waals surface area (Å²) in [6.07, 6.45) is 17.6. The molecule has 0 radical (unpaired) electrons. The highest BCUT2D eigenvalue weighted by Crippen LogP contribution is 2.46. The fraction of sp³-hybridized carbons (Fsp3) is 0.500. The molecule has 66 heavy (non-hydrogen) atoms. The normalized spacial score (nSPS) is 27.1. The number of alkyl carbamates (subject to hydrolysis) is 1. The van der Waals surface area contributed by atoms with Crippen molar-refractivity contribution in [1.29, 1.82) is 0 Å². The maximum absolute atomic E-state index is 14.7. The Morgan fingerprint density at radius 3 is 2.48 bits per heavy atom. The van der Waals surface area contributed by atoms with Gasteiger partial charge in [0.15, 0.2) is 0 Å². The molecule has 346 valence electrons. The number of benzene rings is 2. The fourth-order valence-corrected chi connectivity index (χ4v) is 11.4. The second-order valence-corrected chi connectivity index (χ2v) is 19.6. The Labute approximate surface area is 386 Å². The van der Waals surface area contributed by atoms with Crippen molar-refractivity contribution in [3.63, 3.8) is 0 Å². The van der Waals surface area contributed by atoms with Crippen molar-refractivity contribution in [1.82, 2.24) is 35.7 Å². The number of rotatable bonds is 12. The standard InChI is InChI=1S/C52H62N8O6/c1-29(2)43(58-52(64)66-4)50(62)59-23-9-14-41(59)47-53-39-21-17-35-25-33(15-19-37(35)45(39)55-47)34-16-20-38-36(26-34)18-22-40-46(38)56-48(54-40)42-24-30(28-65-3)27-60(42)51(63)44(31-10-6-5-7-11-31)57-49(61)32-12-8-13-32/h5-7,10-11,16-18,20-22,25-26,29-30,32-33,37,40-44,46H,8-9,12-15,19,23-24,27-28H2,1-4H3,(H,53,55)(H,54,56)(H,57,61)(H,58,64)/t30-,33-,37+,40?,41-,42-,43-,44+,46+/m0/s1. The number of carbonyl (C=O) groups excluding carboxylic acids is 4. The second-order valence-electron chi connectivity index (χ2n) is 19.6. The van der Waals surface area contributed by atoms with E-state index in [9.17, 15) is 19.2 Å². The van der Waals surface area contributed by atoms with Gasteiger partial charge in [0, 0.05) is 49.6 Å². The van der Waals surface area contributed by atoms with Gasteiger partial charge in [0.2, 0.25) is 17.7 Å². The van der Waals surface area contributed by atoms with Gasteiger partial charge in [-0.05, 0) is 84.8 Å². The molecule has 10 rings (SSSR count). The van der Waals surface area contributed by atoms with E-state index in [0.717, 1.165) is 85.5 Å². The number of hydrogen-bond donors (Lipinski definition) is 4. The van der Waals surface area contributed by atoms with E-state index < -0.39 is 18.2 Å². The number of nitrogens with zero attached hydrogens (tertiary/aromatic N) is 4. The van der Waals surface area contributed by atoms with Crippen molar-refractivity contribution in [3.8, 4) is 0 Å². The molecule has 14 heteroatoms. The van der Waals surface area contributed by atoms with Gasteiger partial charge in [-0.3, -0.25) is 19.4 Å². The van der Waals surface area contributed by atoms with E-state index in [0.29, 0.717) is 19.7 Å². The van der Waals surface area contributed by atoms with Crippen molar-refractivity contribution in [3.05, 3.63) is 112 Å². The third-order valence-corrected chi connectivity index (χ3v) is 15.2. The van der Waals surface area contributed by atoms with Crippen molar-refractivity contribution in [2.24, 2.45) is 22.7 Å². The molecule has 4 heterocycles. The average molecular weight is 895 g/mol. The highest BCUT2D eigenvalue weighted by molar-refractivity contribution is 5.97. The molecule has 3 aromatic rings. The summed E-state index contributed by atoms with van der Waals surface area (Å²) in [6.45, 7) is 5.53. The largest absolute Gasteiger partial charge is 0.453 e. The molecule has 7 aliphatic rings.